The van der Waals surface area contributed by atoms with Gasteiger partial charge in [0.05, 0.1) is 0 Å². The molecule has 2 heteroatoms. The van der Waals surface area contributed by atoms with Crippen LogP contribution in [0.2, 0.25) is 23.2 Å². The molecule has 0 N–H and O–H groups in total. The number of hydrogen-bond acceptors (Lipinski definition) is 0. The van der Waals surface area contributed by atoms with Crippen molar-refractivity contribution in [3.8, 4) is 11.1 Å². The Kier molecular flexibility index (Phi) is 7.91. The monoisotopic (exact) mass is 418 g/mol. The van der Waals surface area contributed by atoms with E-state index in [1.165, 1.54) is 16.3 Å². The van der Waals surface area contributed by atoms with Crippen LogP contribution in [0.5, 0.6) is 0 Å². The predicted octanol–water partition coefficient (Wildman–Crippen LogP) is 7.29. The number of benzene rings is 2. The maximum atomic E-state index is 4.02. The van der Waals surface area contributed by atoms with Gasteiger partial charge in [0.15, 0.2) is 8.07 Å². The lowest BCUT2D eigenvalue weighted by Crippen LogP contribution is -2.46. The highest BCUT2D eigenvalue weighted by Gasteiger charge is 2.42. The highest BCUT2D eigenvalue weighted by molar-refractivity contribution is 7.03. The van der Waals surface area contributed by atoms with Gasteiger partial charge >= 0.3 is 0 Å². The summed E-state index contributed by atoms with van der Waals surface area (Å²) < 4.78 is 0. The SMILES string of the molecule is Cc1ccccc1/C=C/[Si](C)(C#C[Si](C(C)C)(C(C)C)C(C)C)c1ccccc1. The average molecular weight is 419 g/mol. The van der Waals surface area contributed by atoms with E-state index in [0.29, 0.717) is 16.6 Å². The Morgan fingerprint density at radius 2 is 1.24 bits per heavy atom. The first-order chi connectivity index (χ1) is 13.6. The summed E-state index contributed by atoms with van der Waals surface area (Å²) in [7, 11) is -3.84. The van der Waals surface area contributed by atoms with Crippen molar-refractivity contribution < 1.29 is 0 Å². The van der Waals surface area contributed by atoms with Crippen molar-refractivity contribution in [1.82, 2.24) is 0 Å². The smallest absolute Gasteiger partial charge is 0.136 e. The van der Waals surface area contributed by atoms with Crippen LogP contribution in [-0.4, -0.2) is 16.1 Å². The van der Waals surface area contributed by atoms with Crippen molar-refractivity contribution >= 4 is 27.4 Å². The second kappa shape index (κ2) is 9.78. The van der Waals surface area contributed by atoms with Gasteiger partial charge in [-0.25, -0.2) is 0 Å². The second-order valence-corrected chi connectivity index (χ2v) is 18.6. The van der Waals surface area contributed by atoms with E-state index in [9.17, 15) is 0 Å². The Bertz CT molecular complexity index is 860. The van der Waals surface area contributed by atoms with Gasteiger partial charge in [-0.2, -0.15) is 0 Å². The first kappa shape index (κ1) is 23.5. The van der Waals surface area contributed by atoms with Crippen molar-refractivity contribution in [3.63, 3.8) is 0 Å². The summed E-state index contributed by atoms with van der Waals surface area (Å²) in [5, 5.41) is 1.40. The molecule has 0 radical (unpaired) electrons. The van der Waals surface area contributed by atoms with E-state index in [4.69, 9.17) is 0 Å². The van der Waals surface area contributed by atoms with Crippen molar-refractivity contribution in [3.05, 3.63) is 71.4 Å². The molecule has 0 aliphatic heterocycles. The molecule has 0 spiro atoms. The Morgan fingerprint density at radius 3 is 1.76 bits per heavy atom. The van der Waals surface area contributed by atoms with E-state index in [1.807, 2.05) is 0 Å². The van der Waals surface area contributed by atoms with Crippen LogP contribution in [-0.2, 0) is 0 Å². The summed E-state index contributed by atoms with van der Waals surface area (Å²) in [5.74, 6) is 0. The first-order valence-corrected chi connectivity index (χ1v) is 15.8. The molecule has 1 atom stereocenters. The van der Waals surface area contributed by atoms with Crippen molar-refractivity contribution in [2.24, 2.45) is 0 Å². The van der Waals surface area contributed by atoms with Gasteiger partial charge in [0.1, 0.15) is 8.07 Å². The van der Waals surface area contributed by atoms with E-state index < -0.39 is 16.1 Å². The largest absolute Gasteiger partial charge is 0.188 e. The van der Waals surface area contributed by atoms with Crippen molar-refractivity contribution in [1.29, 1.82) is 0 Å². The molecule has 0 aromatic heterocycles. The van der Waals surface area contributed by atoms with Crippen molar-refractivity contribution in [2.45, 2.75) is 71.6 Å². The summed E-state index contributed by atoms with van der Waals surface area (Å²) in [6.07, 6.45) is 2.31. The molecule has 0 bridgehead atoms. The molecule has 0 amide bonds. The van der Waals surface area contributed by atoms with Gasteiger partial charge in [0, 0.05) is 0 Å². The Labute approximate surface area is 181 Å². The topological polar surface area (TPSA) is 0 Å². The third kappa shape index (κ3) is 5.21. The van der Waals surface area contributed by atoms with Crippen LogP contribution in [0.4, 0.5) is 0 Å². The van der Waals surface area contributed by atoms with Gasteiger partial charge in [-0.3, -0.25) is 0 Å². The molecule has 0 aliphatic carbocycles. The Hall–Kier alpha value is -1.83. The molecule has 154 valence electrons. The van der Waals surface area contributed by atoms with Gasteiger partial charge in [-0.1, -0.05) is 114 Å². The Balaban J connectivity index is 2.62. The molecule has 2 rings (SSSR count). The zero-order valence-corrected chi connectivity index (χ0v) is 21.6. The molecule has 0 heterocycles. The maximum absolute atomic E-state index is 4.02. The van der Waals surface area contributed by atoms with Crippen LogP contribution in [0, 0.1) is 18.0 Å². The minimum absolute atomic E-state index is 0.657. The van der Waals surface area contributed by atoms with E-state index in [2.05, 4.69) is 132 Å². The van der Waals surface area contributed by atoms with Crippen LogP contribution < -0.4 is 5.19 Å². The minimum atomic E-state index is -2.09. The average Bonchev–Trinajstić information content (AvgIpc) is 2.67. The summed E-state index contributed by atoms with van der Waals surface area (Å²) in [6, 6.07) is 19.6. The van der Waals surface area contributed by atoms with Gasteiger partial charge in [0.2, 0.25) is 0 Å². The fraction of sp³-hybridized carbons (Fsp3) is 0.407. The maximum Gasteiger partial charge on any atom is 0.188 e. The molecule has 29 heavy (non-hydrogen) atoms. The lowest BCUT2D eigenvalue weighted by atomic mass is 10.1. The zero-order chi connectivity index (χ0) is 21.7. The highest BCUT2D eigenvalue weighted by Crippen LogP contribution is 2.40. The summed E-state index contributed by atoms with van der Waals surface area (Å²) in [6.45, 7) is 19.0. The minimum Gasteiger partial charge on any atom is -0.136 e. The number of aryl methyl sites for hydroxylation is 1. The molecular weight excluding hydrogens is 380 g/mol. The molecule has 2 aromatic rings. The van der Waals surface area contributed by atoms with Crippen LogP contribution in [0.3, 0.4) is 0 Å². The molecule has 1 unspecified atom stereocenters. The molecule has 2 aromatic carbocycles. The normalized spacial score (nSPS) is 14.3. The van der Waals surface area contributed by atoms with Gasteiger partial charge in [-0.15, -0.1) is 11.1 Å². The molecule has 0 nitrogen and oxygen atoms in total. The molecule has 0 aliphatic rings. The van der Waals surface area contributed by atoms with Gasteiger partial charge in [0.25, 0.3) is 0 Å². The second-order valence-electron chi connectivity index (χ2n) is 9.41. The zero-order valence-electron chi connectivity index (χ0n) is 19.6. The number of hydrogen-bond donors (Lipinski definition) is 0. The third-order valence-corrected chi connectivity index (χ3v) is 16.1. The van der Waals surface area contributed by atoms with Gasteiger partial charge in [-0.05, 0) is 39.9 Å². The van der Waals surface area contributed by atoms with E-state index in [-0.39, 0.29) is 0 Å². The highest BCUT2D eigenvalue weighted by atomic mass is 28.3. The fourth-order valence-electron chi connectivity index (χ4n) is 4.70. The lowest BCUT2D eigenvalue weighted by molar-refractivity contribution is 0.838. The van der Waals surface area contributed by atoms with Crippen LogP contribution >= 0.6 is 0 Å². The summed E-state index contributed by atoms with van der Waals surface area (Å²) in [5.41, 5.74) is 15.0. The van der Waals surface area contributed by atoms with Gasteiger partial charge < -0.3 is 0 Å². The first-order valence-electron chi connectivity index (χ1n) is 11.0. The van der Waals surface area contributed by atoms with E-state index in [1.54, 1.807) is 0 Å². The van der Waals surface area contributed by atoms with Crippen LogP contribution in [0.15, 0.2) is 60.3 Å². The third-order valence-electron chi connectivity index (χ3n) is 6.56. The quantitative estimate of drug-likeness (QED) is 0.341. The molecule has 0 fully saturated rings. The van der Waals surface area contributed by atoms with Crippen LogP contribution in [0.25, 0.3) is 6.08 Å². The molecular formula is C27H38Si2. The molecule has 0 saturated heterocycles. The van der Waals surface area contributed by atoms with E-state index in [0.717, 1.165) is 0 Å². The summed E-state index contributed by atoms with van der Waals surface area (Å²) >= 11 is 0. The van der Waals surface area contributed by atoms with E-state index >= 15 is 0 Å². The lowest BCUT2D eigenvalue weighted by Gasteiger charge is -2.38. The Morgan fingerprint density at radius 1 is 0.724 bits per heavy atom. The van der Waals surface area contributed by atoms with Crippen LogP contribution in [0.1, 0.15) is 52.7 Å². The summed E-state index contributed by atoms with van der Waals surface area (Å²) in [4.78, 5) is 0. The number of rotatable bonds is 6. The molecule has 0 saturated carbocycles. The van der Waals surface area contributed by atoms with Crippen molar-refractivity contribution in [2.75, 3.05) is 0 Å². The fourth-order valence-corrected chi connectivity index (χ4v) is 13.3. The predicted molar refractivity (Wildman–Crippen MR) is 137 cm³/mol. The standard InChI is InChI=1S/C27H38Si2/c1-22(2)29(23(3)4,24(5)6)21-20-28(8,27-16-10-9-11-17-27)19-18-26-15-13-12-14-25(26)7/h9-19,22-24H,1-8H3/b19-18+.